The molecule has 0 aliphatic heterocycles. The average Bonchev–Trinajstić information content (AvgIpc) is 2.89. The molecular formula is C24H44FN. The van der Waals surface area contributed by atoms with Gasteiger partial charge in [0.05, 0.1) is 5.83 Å². The first-order valence-corrected chi connectivity index (χ1v) is 11.2. The summed E-state index contributed by atoms with van der Waals surface area (Å²) >= 11 is 0. The van der Waals surface area contributed by atoms with Crippen molar-refractivity contribution >= 4 is 0 Å². The van der Waals surface area contributed by atoms with Gasteiger partial charge in [0.1, 0.15) is 0 Å². The molecule has 152 valence electrons. The van der Waals surface area contributed by atoms with Crippen molar-refractivity contribution in [2.45, 2.75) is 105 Å². The summed E-state index contributed by atoms with van der Waals surface area (Å²) in [6.45, 7) is 12.2. The first-order chi connectivity index (χ1) is 12.5. The molecule has 1 aliphatic rings. The van der Waals surface area contributed by atoms with Gasteiger partial charge in [0.15, 0.2) is 0 Å². The third-order valence-corrected chi connectivity index (χ3v) is 6.48. The molecule has 0 aromatic carbocycles. The van der Waals surface area contributed by atoms with Crippen molar-refractivity contribution < 1.29 is 4.39 Å². The minimum absolute atomic E-state index is 0.0227. The van der Waals surface area contributed by atoms with Crippen LogP contribution >= 0.6 is 0 Å². The SMILES string of the molecule is CCCCNC1CCCC(C(C)CCC(C)/C(C)=C/C=C(/F)CC)CC1. The predicted molar refractivity (Wildman–Crippen MR) is 114 cm³/mol. The molecule has 26 heavy (non-hydrogen) atoms. The molecule has 1 nitrogen and oxygen atoms in total. The van der Waals surface area contributed by atoms with Gasteiger partial charge in [-0.2, -0.15) is 0 Å². The number of nitrogens with one attached hydrogen (secondary N) is 1. The smallest absolute Gasteiger partial charge is 0.0996 e. The van der Waals surface area contributed by atoms with Crippen molar-refractivity contribution in [1.29, 1.82) is 0 Å². The van der Waals surface area contributed by atoms with Crippen LogP contribution in [0.4, 0.5) is 4.39 Å². The monoisotopic (exact) mass is 365 g/mol. The van der Waals surface area contributed by atoms with Crippen molar-refractivity contribution in [3.05, 3.63) is 23.6 Å². The van der Waals surface area contributed by atoms with Crippen LogP contribution in [-0.4, -0.2) is 12.6 Å². The lowest BCUT2D eigenvalue weighted by Gasteiger charge is -2.24. The van der Waals surface area contributed by atoms with Gasteiger partial charge < -0.3 is 5.32 Å². The molecule has 1 saturated carbocycles. The summed E-state index contributed by atoms with van der Waals surface area (Å²) in [5, 5.41) is 3.77. The molecule has 4 unspecified atom stereocenters. The van der Waals surface area contributed by atoms with Crippen LogP contribution in [0.2, 0.25) is 0 Å². The molecule has 4 atom stereocenters. The molecule has 1 aliphatic carbocycles. The Hall–Kier alpha value is -0.630. The molecule has 1 fully saturated rings. The van der Waals surface area contributed by atoms with Gasteiger partial charge in [-0.25, -0.2) is 4.39 Å². The molecule has 0 aromatic heterocycles. The zero-order valence-corrected chi connectivity index (χ0v) is 18.1. The minimum atomic E-state index is -0.0227. The molecule has 0 amide bonds. The second-order valence-corrected chi connectivity index (χ2v) is 8.61. The highest BCUT2D eigenvalue weighted by Gasteiger charge is 2.23. The Morgan fingerprint density at radius 1 is 1.08 bits per heavy atom. The summed E-state index contributed by atoms with van der Waals surface area (Å²) in [4.78, 5) is 0. The zero-order chi connectivity index (χ0) is 19.4. The Morgan fingerprint density at radius 3 is 2.54 bits per heavy atom. The first kappa shape index (κ1) is 23.4. The summed E-state index contributed by atoms with van der Waals surface area (Å²) in [6, 6.07) is 0.753. The fourth-order valence-corrected chi connectivity index (χ4v) is 4.07. The van der Waals surface area contributed by atoms with Crippen LogP contribution in [0, 0.1) is 17.8 Å². The highest BCUT2D eigenvalue weighted by atomic mass is 19.1. The standard InChI is InChI=1S/C24H44FN/c1-6-8-18-26-24-11-9-10-22(15-17-24)21(5)13-12-19(3)20(4)14-16-23(25)7-2/h14,16,19,21-22,24,26H,6-13,15,17-18H2,1-5H3/b20-14+,23-16+. The highest BCUT2D eigenvalue weighted by Crippen LogP contribution is 2.33. The number of hydrogen-bond donors (Lipinski definition) is 1. The number of unbranched alkanes of at least 4 members (excludes halogenated alkanes) is 1. The number of hydrogen-bond acceptors (Lipinski definition) is 1. The van der Waals surface area contributed by atoms with E-state index in [1.807, 2.05) is 13.0 Å². The Labute approximate surface area is 162 Å². The summed E-state index contributed by atoms with van der Waals surface area (Å²) in [7, 11) is 0. The largest absolute Gasteiger partial charge is 0.314 e. The van der Waals surface area contributed by atoms with E-state index in [1.165, 1.54) is 69.9 Å². The van der Waals surface area contributed by atoms with E-state index in [4.69, 9.17) is 0 Å². The van der Waals surface area contributed by atoms with E-state index in [-0.39, 0.29) is 5.83 Å². The summed E-state index contributed by atoms with van der Waals surface area (Å²) in [6.07, 6.45) is 16.1. The molecule has 0 heterocycles. The third-order valence-electron chi connectivity index (χ3n) is 6.48. The molecule has 0 aromatic rings. The van der Waals surface area contributed by atoms with E-state index >= 15 is 0 Å². The van der Waals surface area contributed by atoms with Gasteiger partial charge in [-0.15, -0.1) is 0 Å². The zero-order valence-electron chi connectivity index (χ0n) is 18.1. The van der Waals surface area contributed by atoms with Crippen LogP contribution in [0.3, 0.4) is 0 Å². The Kier molecular flexibility index (Phi) is 12.2. The number of allylic oxidation sites excluding steroid dienone is 4. The van der Waals surface area contributed by atoms with E-state index in [0.29, 0.717) is 12.3 Å². The van der Waals surface area contributed by atoms with Crippen LogP contribution < -0.4 is 5.32 Å². The van der Waals surface area contributed by atoms with Gasteiger partial charge in [-0.05, 0) is 82.2 Å². The summed E-state index contributed by atoms with van der Waals surface area (Å²) in [5.41, 5.74) is 1.31. The Morgan fingerprint density at radius 2 is 1.85 bits per heavy atom. The van der Waals surface area contributed by atoms with Crippen molar-refractivity contribution in [2.75, 3.05) is 6.54 Å². The highest BCUT2D eigenvalue weighted by molar-refractivity contribution is 5.14. The molecule has 1 N–H and O–H groups in total. The second kappa shape index (κ2) is 13.5. The van der Waals surface area contributed by atoms with E-state index < -0.39 is 0 Å². The second-order valence-electron chi connectivity index (χ2n) is 8.61. The van der Waals surface area contributed by atoms with E-state index in [1.54, 1.807) is 6.08 Å². The summed E-state index contributed by atoms with van der Waals surface area (Å²) < 4.78 is 13.3. The maximum atomic E-state index is 13.3. The molecule has 0 saturated heterocycles. The Balaban J connectivity index is 2.37. The molecule has 2 heteroatoms. The van der Waals surface area contributed by atoms with Crippen molar-refractivity contribution in [1.82, 2.24) is 5.32 Å². The van der Waals surface area contributed by atoms with Gasteiger partial charge in [0.2, 0.25) is 0 Å². The minimum Gasteiger partial charge on any atom is -0.314 e. The molecule has 0 radical (unpaired) electrons. The lowest BCUT2D eigenvalue weighted by molar-refractivity contribution is 0.286. The maximum absolute atomic E-state index is 13.3. The molecule has 0 spiro atoms. The van der Waals surface area contributed by atoms with Crippen molar-refractivity contribution in [3.8, 4) is 0 Å². The van der Waals surface area contributed by atoms with Crippen molar-refractivity contribution in [2.24, 2.45) is 17.8 Å². The third kappa shape index (κ3) is 9.35. The lowest BCUT2D eigenvalue weighted by Crippen LogP contribution is -2.29. The fraction of sp³-hybridized carbons (Fsp3) is 0.833. The van der Waals surface area contributed by atoms with E-state index in [9.17, 15) is 4.39 Å². The fourth-order valence-electron chi connectivity index (χ4n) is 4.07. The average molecular weight is 366 g/mol. The Bertz CT molecular complexity index is 426. The van der Waals surface area contributed by atoms with Crippen LogP contribution in [0.25, 0.3) is 0 Å². The molecule has 0 bridgehead atoms. The van der Waals surface area contributed by atoms with Crippen molar-refractivity contribution in [3.63, 3.8) is 0 Å². The quantitative estimate of drug-likeness (QED) is 0.226. The van der Waals surface area contributed by atoms with Crippen LogP contribution in [0.1, 0.15) is 98.8 Å². The summed E-state index contributed by atoms with van der Waals surface area (Å²) in [5.74, 6) is 2.22. The van der Waals surface area contributed by atoms with E-state index in [0.717, 1.165) is 17.9 Å². The number of rotatable bonds is 11. The first-order valence-electron chi connectivity index (χ1n) is 11.2. The molecular weight excluding hydrogens is 321 g/mol. The van der Waals surface area contributed by atoms with Gasteiger partial charge in [-0.1, -0.05) is 58.6 Å². The predicted octanol–water partition coefficient (Wildman–Crippen LogP) is 7.59. The topological polar surface area (TPSA) is 12.0 Å². The lowest BCUT2D eigenvalue weighted by atomic mass is 9.82. The van der Waals surface area contributed by atoms with E-state index in [2.05, 4.69) is 33.0 Å². The maximum Gasteiger partial charge on any atom is 0.0996 e. The van der Waals surface area contributed by atoms with Gasteiger partial charge >= 0.3 is 0 Å². The van der Waals surface area contributed by atoms with Gasteiger partial charge in [-0.3, -0.25) is 0 Å². The van der Waals surface area contributed by atoms with Crippen LogP contribution in [-0.2, 0) is 0 Å². The van der Waals surface area contributed by atoms with Crippen LogP contribution in [0.5, 0.6) is 0 Å². The molecule has 1 rings (SSSR count). The number of halogens is 1. The van der Waals surface area contributed by atoms with Gasteiger partial charge in [0, 0.05) is 6.04 Å². The van der Waals surface area contributed by atoms with Gasteiger partial charge in [0.25, 0.3) is 0 Å². The normalized spacial score (nSPS) is 25.0. The van der Waals surface area contributed by atoms with Crippen LogP contribution in [0.15, 0.2) is 23.6 Å².